The lowest BCUT2D eigenvalue weighted by atomic mass is 9.99. The molecule has 0 aromatic carbocycles. The van der Waals surface area contributed by atoms with Gasteiger partial charge in [0.25, 0.3) is 0 Å². The van der Waals surface area contributed by atoms with Gasteiger partial charge in [-0.15, -0.1) is 10.2 Å². The van der Waals surface area contributed by atoms with E-state index >= 15 is 0 Å². The molecule has 0 bridgehead atoms. The summed E-state index contributed by atoms with van der Waals surface area (Å²) in [6, 6.07) is 2.09. The van der Waals surface area contributed by atoms with Crippen molar-refractivity contribution >= 4 is 11.8 Å². The smallest absolute Gasteiger partial charge is 0.191 e. The summed E-state index contributed by atoms with van der Waals surface area (Å²) in [5.41, 5.74) is 0.996. The average molecular weight is 319 g/mol. The third-order valence-electron chi connectivity index (χ3n) is 4.44. The first-order chi connectivity index (χ1) is 10.8. The van der Waals surface area contributed by atoms with Crippen LogP contribution in [0.2, 0.25) is 0 Å². The van der Waals surface area contributed by atoms with Crippen LogP contribution in [0.3, 0.4) is 0 Å². The van der Waals surface area contributed by atoms with E-state index in [1.54, 1.807) is 11.8 Å². The van der Waals surface area contributed by atoms with Crippen LogP contribution in [0.5, 0.6) is 0 Å². The first kappa shape index (κ1) is 14.3. The highest BCUT2D eigenvalue weighted by Crippen LogP contribution is 2.40. The lowest BCUT2D eigenvalue weighted by molar-refractivity contribution is 0.380. The second-order valence-electron chi connectivity index (χ2n) is 6.23. The second-order valence-corrected chi connectivity index (χ2v) is 7.17. The molecule has 1 atom stereocenters. The van der Waals surface area contributed by atoms with Crippen molar-refractivity contribution in [2.45, 2.75) is 48.4 Å². The Morgan fingerprint density at radius 2 is 2.23 bits per heavy atom. The maximum Gasteiger partial charge on any atom is 0.191 e. The minimum Gasteiger partial charge on any atom is -0.361 e. The highest BCUT2D eigenvalue weighted by Gasteiger charge is 2.28. The Labute approximate surface area is 134 Å². The van der Waals surface area contributed by atoms with Gasteiger partial charge in [0, 0.05) is 37.2 Å². The zero-order valence-electron chi connectivity index (χ0n) is 12.8. The van der Waals surface area contributed by atoms with Crippen molar-refractivity contribution < 1.29 is 4.52 Å². The number of hydrogen-bond acceptors (Lipinski definition) is 6. The van der Waals surface area contributed by atoms with Gasteiger partial charge in [-0.25, -0.2) is 0 Å². The summed E-state index contributed by atoms with van der Waals surface area (Å²) >= 11 is 1.68. The van der Waals surface area contributed by atoms with Gasteiger partial charge in [0.1, 0.15) is 11.6 Å². The van der Waals surface area contributed by atoms with Gasteiger partial charge in [-0.2, -0.15) is 0 Å². The Kier molecular flexibility index (Phi) is 3.92. The summed E-state index contributed by atoms with van der Waals surface area (Å²) in [6.07, 6.45) is 4.88. The van der Waals surface area contributed by atoms with Crippen LogP contribution in [0.1, 0.15) is 54.8 Å². The lowest BCUT2D eigenvalue weighted by Crippen LogP contribution is -2.29. The van der Waals surface area contributed by atoms with Crippen LogP contribution in [0.4, 0.5) is 0 Å². The molecule has 0 amide bonds. The van der Waals surface area contributed by atoms with E-state index in [0.717, 1.165) is 41.3 Å². The fourth-order valence-corrected chi connectivity index (χ4v) is 3.77. The van der Waals surface area contributed by atoms with Crippen LogP contribution in [0.25, 0.3) is 0 Å². The van der Waals surface area contributed by atoms with Crippen molar-refractivity contribution in [3.63, 3.8) is 0 Å². The van der Waals surface area contributed by atoms with Gasteiger partial charge in [0.05, 0.1) is 5.69 Å². The number of nitrogens with one attached hydrogen (secondary N) is 1. The molecule has 22 heavy (non-hydrogen) atoms. The average Bonchev–Trinajstić information content (AvgIpc) is 3.18. The fourth-order valence-electron chi connectivity index (χ4n) is 2.97. The summed E-state index contributed by atoms with van der Waals surface area (Å²) < 4.78 is 7.52. The van der Waals surface area contributed by atoms with Crippen LogP contribution in [0.15, 0.2) is 15.7 Å². The molecule has 1 aliphatic carbocycles. The van der Waals surface area contributed by atoms with Gasteiger partial charge in [-0.1, -0.05) is 16.9 Å². The van der Waals surface area contributed by atoms with E-state index in [4.69, 9.17) is 4.52 Å². The molecule has 1 aliphatic heterocycles. The molecule has 1 N–H and O–H groups in total. The Morgan fingerprint density at radius 3 is 3.00 bits per heavy atom. The van der Waals surface area contributed by atoms with Gasteiger partial charge in [0.15, 0.2) is 5.16 Å². The third kappa shape index (κ3) is 2.92. The van der Waals surface area contributed by atoms with Crippen molar-refractivity contribution in [2.24, 2.45) is 7.05 Å². The second kappa shape index (κ2) is 6.04. The van der Waals surface area contributed by atoms with Gasteiger partial charge in [-0.3, -0.25) is 0 Å². The highest BCUT2D eigenvalue weighted by atomic mass is 32.2. The summed E-state index contributed by atoms with van der Waals surface area (Å²) in [4.78, 5) is 0. The Morgan fingerprint density at radius 1 is 1.32 bits per heavy atom. The third-order valence-corrected chi connectivity index (χ3v) is 5.49. The SMILES string of the molecule is Cn1c(SCc2cc(C3CC3)on2)nnc1[C@@H]1CCCNC1. The van der Waals surface area contributed by atoms with Gasteiger partial charge < -0.3 is 14.4 Å². The summed E-state index contributed by atoms with van der Waals surface area (Å²) in [5.74, 6) is 4.02. The van der Waals surface area contributed by atoms with E-state index in [-0.39, 0.29) is 0 Å². The van der Waals surface area contributed by atoms with E-state index in [1.807, 2.05) is 0 Å². The van der Waals surface area contributed by atoms with Crippen molar-refractivity contribution in [3.8, 4) is 0 Å². The van der Waals surface area contributed by atoms with E-state index in [1.165, 1.54) is 25.7 Å². The molecule has 3 heterocycles. The van der Waals surface area contributed by atoms with Gasteiger partial charge >= 0.3 is 0 Å². The molecule has 0 radical (unpaired) electrons. The summed E-state index contributed by atoms with van der Waals surface area (Å²) in [6.45, 7) is 2.12. The molecule has 6 nitrogen and oxygen atoms in total. The van der Waals surface area contributed by atoms with E-state index in [9.17, 15) is 0 Å². The molecule has 7 heteroatoms. The standard InChI is InChI=1S/C15H21N5OS/c1-20-14(11-3-2-6-16-8-11)17-18-15(20)22-9-12-7-13(21-19-12)10-4-5-10/h7,10-11,16H,2-6,8-9H2,1H3/t11-/m1/s1. The lowest BCUT2D eigenvalue weighted by Gasteiger charge is -2.21. The van der Waals surface area contributed by atoms with Crippen molar-refractivity contribution in [1.29, 1.82) is 0 Å². The van der Waals surface area contributed by atoms with Crippen LogP contribution < -0.4 is 5.32 Å². The molecule has 4 rings (SSSR count). The summed E-state index contributed by atoms with van der Waals surface area (Å²) in [5, 5.41) is 17.3. The maximum atomic E-state index is 5.39. The Hall–Kier alpha value is -1.34. The van der Waals surface area contributed by atoms with Crippen molar-refractivity contribution in [1.82, 2.24) is 25.2 Å². The van der Waals surface area contributed by atoms with Crippen molar-refractivity contribution in [3.05, 3.63) is 23.3 Å². The first-order valence-electron chi connectivity index (χ1n) is 7.99. The minimum atomic E-state index is 0.481. The number of nitrogens with zero attached hydrogens (tertiary/aromatic N) is 4. The first-order valence-corrected chi connectivity index (χ1v) is 8.98. The Balaban J connectivity index is 1.40. The van der Waals surface area contributed by atoms with E-state index < -0.39 is 0 Å². The molecule has 1 saturated carbocycles. The largest absolute Gasteiger partial charge is 0.361 e. The molecule has 2 fully saturated rings. The highest BCUT2D eigenvalue weighted by molar-refractivity contribution is 7.98. The molecule has 2 aliphatic rings. The van der Waals surface area contributed by atoms with E-state index in [0.29, 0.717) is 11.8 Å². The number of hydrogen-bond donors (Lipinski definition) is 1. The quantitative estimate of drug-likeness (QED) is 0.854. The Bertz CT molecular complexity index is 642. The van der Waals surface area contributed by atoms with Crippen LogP contribution in [0, 0.1) is 0 Å². The number of thioether (sulfide) groups is 1. The maximum absolute atomic E-state index is 5.39. The predicted molar refractivity (Wildman–Crippen MR) is 83.9 cm³/mol. The topological polar surface area (TPSA) is 68.8 Å². The van der Waals surface area contributed by atoms with E-state index in [2.05, 4.69) is 38.4 Å². The number of aromatic nitrogens is 4. The monoisotopic (exact) mass is 319 g/mol. The summed E-state index contributed by atoms with van der Waals surface area (Å²) in [7, 11) is 2.06. The minimum absolute atomic E-state index is 0.481. The molecular formula is C15H21N5OS. The molecule has 1 saturated heterocycles. The molecule has 2 aromatic rings. The van der Waals surface area contributed by atoms with Crippen LogP contribution >= 0.6 is 11.8 Å². The zero-order valence-corrected chi connectivity index (χ0v) is 13.6. The molecule has 0 spiro atoms. The van der Waals surface area contributed by atoms with Crippen LogP contribution in [-0.2, 0) is 12.8 Å². The normalized spacial score (nSPS) is 22.1. The fraction of sp³-hybridized carbons (Fsp3) is 0.667. The molecule has 118 valence electrons. The predicted octanol–water partition coefficient (Wildman–Crippen LogP) is 2.44. The molecular weight excluding hydrogens is 298 g/mol. The molecule has 2 aromatic heterocycles. The zero-order chi connectivity index (χ0) is 14.9. The number of piperidine rings is 1. The molecule has 0 unspecified atom stereocenters. The van der Waals surface area contributed by atoms with Gasteiger partial charge in [0.2, 0.25) is 0 Å². The van der Waals surface area contributed by atoms with Crippen LogP contribution in [-0.4, -0.2) is 33.0 Å². The van der Waals surface area contributed by atoms with Crippen molar-refractivity contribution in [2.75, 3.05) is 13.1 Å². The number of rotatable bonds is 5. The van der Waals surface area contributed by atoms with Gasteiger partial charge in [-0.05, 0) is 32.2 Å².